The maximum atomic E-state index is 11.9. The van der Waals surface area contributed by atoms with Crippen molar-refractivity contribution in [2.75, 3.05) is 25.4 Å². The summed E-state index contributed by atoms with van der Waals surface area (Å²) in [4.78, 5) is 18.9. The summed E-state index contributed by atoms with van der Waals surface area (Å²) in [7, 11) is 0. The van der Waals surface area contributed by atoms with Crippen molar-refractivity contribution in [1.82, 2.24) is 9.88 Å². The second kappa shape index (κ2) is 6.02. The molecular formula is C12H17N3OS. The predicted octanol–water partition coefficient (Wildman–Crippen LogP) is 0.981. The van der Waals surface area contributed by atoms with Crippen LogP contribution in [-0.2, 0) is 4.79 Å². The molecule has 92 valence electrons. The predicted molar refractivity (Wildman–Crippen MR) is 68.7 cm³/mol. The molecule has 1 unspecified atom stereocenters. The normalized spacial score (nSPS) is 19.6. The molecule has 1 aromatic rings. The highest BCUT2D eigenvalue weighted by atomic mass is 32.2. The minimum Gasteiger partial charge on any atom is -0.342 e. The van der Waals surface area contributed by atoms with E-state index in [2.05, 4.69) is 4.98 Å². The van der Waals surface area contributed by atoms with Crippen molar-refractivity contribution in [2.45, 2.75) is 11.3 Å². The molecule has 0 saturated carbocycles. The van der Waals surface area contributed by atoms with Crippen LogP contribution in [0.3, 0.4) is 0 Å². The van der Waals surface area contributed by atoms with Crippen LogP contribution in [0.5, 0.6) is 0 Å². The van der Waals surface area contributed by atoms with Crippen molar-refractivity contribution in [3.63, 3.8) is 0 Å². The zero-order valence-corrected chi connectivity index (χ0v) is 10.5. The van der Waals surface area contributed by atoms with Crippen LogP contribution in [0.15, 0.2) is 29.4 Å². The number of aromatic nitrogens is 1. The third kappa shape index (κ3) is 3.44. The van der Waals surface area contributed by atoms with Gasteiger partial charge in [-0.1, -0.05) is 0 Å². The van der Waals surface area contributed by atoms with Crippen molar-refractivity contribution < 1.29 is 4.79 Å². The second-order valence-corrected chi connectivity index (χ2v) is 5.25. The highest BCUT2D eigenvalue weighted by molar-refractivity contribution is 8.00. The Kier molecular flexibility index (Phi) is 4.39. The zero-order chi connectivity index (χ0) is 12.1. The van der Waals surface area contributed by atoms with Crippen molar-refractivity contribution >= 4 is 17.7 Å². The first-order chi connectivity index (χ1) is 8.29. The molecule has 4 nitrogen and oxygen atoms in total. The number of hydrogen-bond acceptors (Lipinski definition) is 4. The number of hydrogen-bond donors (Lipinski definition) is 1. The van der Waals surface area contributed by atoms with Crippen LogP contribution in [0.4, 0.5) is 0 Å². The number of nitrogens with two attached hydrogens (primary N) is 1. The molecule has 1 aromatic heterocycles. The van der Waals surface area contributed by atoms with Crippen molar-refractivity contribution in [3.8, 4) is 0 Å². The van der Waals surface area contributed by atoms with E-state index in [0.29, 0.717) is 18.2 Å². The topological polar surface area (TPSA) is 59.2 Å². The lowest BCUT2D eigenvalue weighted by molar-refractivity contribution is -0.127. The van der Waals surface area contributed by atoms with Crippen molar-refractivity contribution in [2.24, 2.45) is 11.7 Å². The van der Waals surface area contributed by atoms with Crippen LogP contribution in [0.1, 0.15) is 6.42 Å². The Balaban J connectivity index is 1.78. The molecule has 1 saturated heterocycles. The number of rotatable bonds is 4. The Morgan fingerprint density at radius 1 is 1.53 bits per heavy atom. The van der Waals surface area contributed by atoms with E-state index in [4.69, 9.17) is 5.73 Å². The van der Waals surface area contributed by atoms with Gasteiger partial charge in [0.25, 0.3) is 0 Å². The smallest absolute Gasteiger partial charge is 0.232 e. The van der Waals surface area contributed by atoms with Crippen LogP contribution in [0.25, 0.3) is 0 Å². The van der Waals surface area contributed by atoms with Crippen LogP contribution >= 0.6 is 11.8 Å². The minimum atomic E-state index is 0.211. The minimum absolute atomic E-state index is 0.211. The van der Waals surface area contributed by atoms with E-state index in [9.17, 15) is 4.79 Å². The number of carbonyl (C=O) groups excluding carboxylic acids is 1. The Morgan fingerprint density at radius 2 is 2.29 bits per heavy atom. The molecule has 1 aliphatic rings. The summed E-state index contributed by atoms with van der Waals surface area (Å²) in [6.07, 6.45) is 4.53. The molecule has 1 atom stereocenters. The Bertz CT molecular complexity index is 371. The quantitative estimate of drug-likeness (QED) is 0.810. The molecule has 0 aromatic carbocycles. The molecule has 2 heterocycles. The number of pyridine rings is 1. The van der Waals surface area contributed by atoms with Gasteiger partial charge in [0, 0.05) is 30.4 Å². The molecule has 5 heteroatoms. The summed E-state index contributed by atoms with van der Waals surface area (Å²) in [6.45, 7) is 2.37. The van der Waals surface area contributed by atoms with Gasteiger partial charge in [0.05, 0.1) is 5.75 Å². The average Bonchev–Trinajstić information content (AvgIpc) is 2.86. The van der Waals surface area contributed by atoms with Crippen molar-refractivity contribution in [1.29, 1.82) is 0 Å². The Hall–Kier alpha value is -1.07. The first-order valence-corrected chi connectivity index (χ1v) is 6.79. The molecule has 0 bridgehead atoms. The van der Waals surface area contributed by atoms with E-state index >= 15 is 0 Å². The molecule has 0 aliphatic carbocycles. The maximum Gasteiger partial charge on any atom is 0.232 e. The lowest BCUT2D eigenvalue weighted by atomic mass is 10.1. The van der Waals surface area contributed by atoms with Gasteiger partial charge >= 0.3 is 0 Å². The third-order valence-electron chi connectivity index (χ3n) is 2.98. The zero-order valence-electron chi connectivity index (χ0n) is 9.71. The highest BCUT2D eigenvalue weighted by Crippen LogP contribution is 2.20. The van der Waals surface area contributed by atoms with E-state index < -0.39 is 0 Å². The number of thioether (sulfide) groups is 1. The van der Waals surface area contributed by atoms with E-state index in [1.54, 1.807) is 24.2 Å². The van der Waals surface area contributed by atoms with E-state index in [1.807, 2.05) is 17.0 Å². The Labute approximate surface area is 106 Å². The summed E-state index contributed by atoms with van der Waals surface area (Å²) < 4.78 is 0. The molecule has 0 radical (unpaired) electrons. The van der Waals surface area contributed by atoms with Gasteiger partial charge in [-0.25, -0.2) is 0 Å². The first kappa shape index (κ1) is 12.4. The summed E-state index contributed by atoms with van der Waals surface area (Å²) in [5, 5.41) is 0. The molecule has 1 fully saturated rings. The SMILES string of the molecule is NCC1CCN(C(=O)CSc2ccncc2)C1. The van der Waals surface area contributed by atoms with Crippen LogP contribution in [0, 0.1) is 5.92 Å². The average molecular weight is 251 g/mol. The van der Waals surface area contributed by atoms with Gasteiger partial charge in [-0.15, -0.1) is 11.8 Å². The van der Waals surface area contributed by atoms with Gasteiger partial charge in [-0.3, -0.25) is 9.78 Å². The van der Waals surface area contributed by atoms with E-state index in [-0.39, 0.29) is 5.91 Å². The van der Waals surface area contributed by atoms with Crippen LogP contribution in [0.2, 0.25) is 0 Å². The fourth-order valence-corrected chi connectivity index (χ4v) is 2.71. The molecule has 1 amide bonds. The molecule has 2 rings (SSSR count). The standard InChI is InChI=1S/C12H17N3OS/c13-7-10-3-6-15(8-10)12(16)9-17-11-1-4-14-5-2-11/h1-2,4-5,10H,3,6-9,13H2. The number of likely N-dealkylation sites (tertiary alicyclic amines) is 1. The molecule has 0 spiro atoms. The van der Waals surface area contributed by atoms with Gasteiger partial charge in [0.2, 0.25) is 5.91 Å². The van der Waals surface area contributed by atoms with E-state index in [0.717, 1.165) is 24.4 Å². The van der Waals surface area contributed by atoms with Gasteiger partial charge in [-0.2, -0.15) is 0 Å². The maximum absolute atomic E-state index is 11.9. The van der Waals surface area contributed by atoms with Gasteiger partial charge in [-0.05, 0) is 31.0 Å². The van der Waals surface area contributed by atoms with Crippen LogP contribution in [-0.4, -0.2) is 41.2 Å². The molecule has 17 heavy (non-hydrogen) atoms. The summed E-state index contributed by atoms with van der Waals surface area (Å²) in [6, 6.07) is 3.84. The number of nitrogens with zero attached hydrogens (tertiary/aromatic N) is 2. The first-order valence-electron chi connectivity index (χ1n) is 5.80. The fourth-order valence-electron chi connectivity index (χ4n) is 1.92. The fraction of sp³-hybridized carbons (Fsp3) is 0.500. The summed E-state index contributed by atoms with van der Waals surface area (Å²) in [5.41, 5.74) is 5.61. The lowest BCUT2D eigenvalue weighted by Gasteiger charge is -2.15. The largest absolute Gasteiger partial charge is 0.342 e. The second-order valence-electron chi connectivity index (χ2n) is 4.20. The monoisotopic (exact) mass is 251 g/mol. The summed E-state index contributed by atoms with van der Waals surface area (Å²) >= 11 is 1.56. The van der Waals surface area contributed by atoms with E-state index in [1.165, 1.54) is 0 Å². The van der Waals surface area contributed by atoms with Crippen LogP contribution < -0.4 is 5.73 Å². The van der Waals surface area contributed by atoms with Gasteiger partial charge in [0.1, 0.15) is 0 Å². The molecule has 1 aliphatic heterocycles. The van der Waals surface area contributed by atoms with Gasteiger partial charge in [0.15, 0.2) is 0 Å². The molecule has 2 N–H and O–H groups in total. The highest BCUT2D eigenvalue weighted by Gasteiger charge is 2.24. The summed E-state index contributed by atoms with van der Waals surface area (Å²) in [5.74, 6) is 1.20. The van der Waals surface area contributed by atoms with Gasteiger partial charge < -0.3 is 10.6 Å². The number of carbonyl (C=O) groups is 1. The lowest BCUT2D eigenvalue weighted by Crippen LogP contribution is -2.31. The molecular weight excluding hydrogens is 234 g/mol. The Morgan fingerprint density at radius 3 is 2.94 bits per heavy atom. The third-order valence-corrected chi connectivity index (χ3v) is 3.98. The number of amides is 1. The van der Waals surface area contributed by atoms with Crippen molar-refractivity contribution in [3.05, 3.63) is 24.5 Å².